The Balaban J connectivity index is 1.54. The van der Waals surface area contributed by atoms with Crippen LogP contribution >= 0.6 is 0 Å². The first-order valence-electron chi connectivity index (χ1n) is 9.90. The number of pyridine rings is 1. The predicted molar refractivity (Wildman–Crippen MR) is 121 cm³/mol. The molecule has 0 unspecified atom stereocenters. The van der Waals surface area contributed by atoms with E-state index in [0.29, 0.717) is 5.82 Å². The highest BCUT2D eigenvalue weighted by molar-refractivity contribution is 6.06. The number of para-hydroxylation sites is 3. The summed E-state index contributed by atoms with van der Waals surface area (Å²) in [6, 6.07) is 21.4. The lowest BCUT2D eigenvalue weighted by Gasteiger charge is -2.00. The smallest absolute Gasteiger partial charge is 0.221 e. The van der Waals surface area contributed by atoms with E-state index < -0.39 is 0 Å². The van der Waals surface area contributed by atoms with Crippen molar-refractivity contribution in [3.05, 3.63) is 103 Å². The van der Waals surface area contributed by atoms with Crippen molar-refractivity contribution in [2.75, 3.05) is 0 Å². The van der Waals surface area contributed by atoms with Crippen molar-refractivity contribution in [1.82, 2.24) is 24.3 Å². The van der Waals surface area contributed by atoms with Gasteiger partial charge in [-0.3, -0.25) is 9.78 Å². The molecule has 5 aromatic rings. The van der Waals surface area contributed by atoms with Crippen LogP contribution < -0.4 is 0 Å². The number of allylic oxidation sites excluding steroid dienone is 1. The standard InChI is InChI=1S/C25H19N5O/c1-29-22-10-6-5-9-21(22)27-25(29)23(31)12-11-19-17-30(20-7-3-2-4-8-20)28-24(19)18-13-15-26-16-14-18/h2-17H,1H3. The summed E-state index contributed by atoms with van der Waals surface area (Å²) in [6.07, 6.45) is 8.73. The fourth-order valence-electron chi connectivity index (χ4n) is 3.56. The van der Waals surface area contributed by atoms with Crippen molar-refractivity contribution in [3.8, 4) is 16.9 Å². The number of nitrogens with zero attached hydrogens (tertiary/aromatic N) is 5. The van der Waals surface area contributed by atoms with Gasteiger partial charge in [-0.25, -0.2) is 9.67 Å². The number of carbonyl (C=O) groups is 1. The Labute approximate surface area is 179 Å². The minimum absolute atomic E-state index is 0.160. The summed E-state index contributed by atoms with van der Waals surface area (Å²) in [6.45, 7) is 0. The van der Waals surface area contributed by atoms with E-state index in [9.17, 15) is 4.79 Å². The van der Waals surface area contributed by atoms with Crippen molar-refractivity contribution < 1.29 is 4.79 Å². The molecule has 0 radical (unpaired) electrons. The molecule has 0 atom stereocenters. The molecule has 3 heterocycles. The molecule has 3 aromatic heterocycles. The number of ketones is 1. The number of hydrogen-bond acceptors (Lipinski definition) is 4. The van der Waals surface area contributed by atoms with Crippen molar-refractivity contribution in [3.63, 3.8) is 0 Å². The van der Waals surface area contributed by atoms with Gasteiger partial charge in [-0.1, -0.05) is 30.3 Å². The first-order chi connectivity index (χ1) is 15.2. The van der Waals surface area contributed by atoms with Gasteiger partial charge in [-0.2, -0.15) is 5.10 Å². The van der Waals surface area contributed by atoms with Crippen molar-refractivity contribution in [2.45, 2.75) is 0 Å². The number of aromatic nitrogens is 5. The Bertz CT molecular complexity index is 1400. The van der Waals surface area contributed by atoms with Gasteiger partial charge in [-0.15, -0.1) is 0 Å². The summed E-state index contributed by atoms with van der Waals surface area (Å²) in [5.74, 6) is 0.241. The fourth-order valence-corrected chi connectivity index (χ4v) is 3.56. The van der Waals surface area contributed by atoms with Gasteiger partial charge in [0.1, 0.15) is 5.69 Å². The second-order valence-electron chi connectivity index (χ2n) is 7.13. The third-order valence-electron chi connectivity index (χ3n) is 5.14. The molecule has 150 valence electrons. The average Bonchev–Trinajstić information content (AvgIpc) is 3.40. The Morgan fingerprint density at radius 1 is 0.935 bits per heavy atom. The molecule has 0 amide bonds. The third kappa shape index (κ3) is 3.55. The van der Waals surface area contributed by atoms with E-state index in [1.54, 1.807) is 24.5 Å². The lowest BCUT2D eigenvalue weighted by molar-refractivity contribution is 0.103. The first-order valence-corrected chi connectivity index (χ1v) is 9.90. The van der Waals surface area contributed by atoms with Crippen molar-refractivity contribution in [2.24, 2.45) is 7.05 Å². The highest BCUT2D eigenvalue weighted by Gasteiger charge is 2.14. The fraction of sp³-hybridized carbons (Fsp3) is 0.0400. The molecule has 5 rings (SSSR count). The molecular formula is C25H19N5O. The van der Waals surface area contributed by atoms with Crippen LogP contribution in [0.5, 0.6) is 0 Å². The van der Waals surface area contributed by atoms with Crippen LogP contribution in [0, 0.1) is 0 Å². The van der Waals surface area contributed by atoms with Crippen LogP contribution in [0.2, 0.25) is 0 Å². The van der Waals surface area contributed by atoms with Gasteiger partial charge in [0.15, 0.2) is 5.82 Å². The highest BCUT2D eigenvalue weighted by Crippen LogP contribution is 2.25. The molecule has 0 aliphatic carbocycles. The number of fused-ring (bicyclic) bond motifs is 1. The van der Waals surface area contributed by atoms with E-state index in [2.05, 4.69) is 9.97 Å². The predicted octanol–water partition coefficient (Wildman–Crippen LogP) is 4.72. The van der Waals surface area contributed by atoms with Crippen molar-refractivity contribution in [1.29, 1.82) is 0 Å². The van der Waals surface area contributed by atoms with Gasteiger partial charge in [-0.05, 0) is 48.6 Å². The maximum Gasteiger partial charge on any atom is 0.221 e. The first kappa shape index (κ1) is 18.7. The van der Waals surface area contributed by atoms with Gasteiger partial charge >= 0.3 is 0 Å². The molecule has 2 aromatic carbocycles. The zero-order valence-electron chi connectivity index (χ0n) is 16.9. The minimum atomic E-state index is -0.160. The minimum Gasteiger partial charge on any atom is -0.324 e. The Kier molecular flexibility index (Phi) is 4.72. The maximum absolute atomic E-state index is 12.9. The Hall–Kier alpha value is -4.32. The number of rotatable bonds is 5. The van der Waals surface area contributed by atoms with Crippen LogP contribution in [0.15, 0.2) is 91.4 Å². The van der Waals surface area contributed by atoms with Gasteiger partial charge < -0.3 is 4.57 Å². The Morgan fingerprint density at radius 3 is 2.45 bits per heavy atom. The number of imidazole rings is 1. The van der Waals surface area contributed by atoms with Gasteiger partial charge in [0, 0.05) is 36.8 Å². The second kappa shape index (κ2) is 7.84. The summed E-state index contributed by atoms with van der Waals surface area (Å²) in [5, 5.41) is 4.76. The molecule has 0 fully saturated rings. The third-order valence-corrected chi connectivity index (χ3v) is 5.14. The van der Waals surface area contributed by atoms with Crippen molar-refractivity contribution >= 4 is 22.9 Å². The monoisotopic (exact) mass is 405 g/mol. The number of carbonyl (C=O) groups excluding carboxylic acids is 1. The summed E-state index contributed by atoms with van der Waals surface area (Å²) >= 11 is 0. The SMILES string of the molecule is Cn1c(C(=O)C=Cc2cn(-c3ccccc3)nc2-c2ccncc2)nc2ccccc21. The largest absolute Gasteiger partial charge is 0.324 e. The number of hydrogen-bond donors (Lipinski definition) is 0. The lowest BCUT2D eigenvalue weighted by Crippen LogP contribution is -2.04. The van der Waals surface area contributed by atoms with Gasteiger partial charge in [0.2, 0.25) is 5.78 Å². The average molecular weight is 405 g/mol. The number of aryl methyl sites for hydroxylation is 1. The molecular weight excluding hydrogens is 386 g/mol. The molecule has 0 bridgehead atoms. The van der Waals surface area contributed by atoms with Gasteiger partial charge in [0.25, 0.3) is 0 Å². The van der Waals surface area contributed by atoms with E-state index in [0.717, 1.165) is 33.5 Å². The van der Waals surface area contributed by atoms with Crippen LogP contribution in [0.25, 0.3) is 34.1 Å². The molecule has 0 N–H and O–H groups in total. The van der Waals surface area contributed by atoms with E-state index in [1.165, 1.54) is 0 Å². The van der Waals surface area contributed by atoms with E-state index >= 15 is 0 Å². The van der Waals surface area contributed by atoms with E-state index in [1.807, 2.05) is 89.2 Å². The second-order valence-corrected chi connectivity index (χ2v) is 7.13. The van der Waals surface area contributed by atoms with E-state index in [-0.39, 0.29) is 5.78 Å². The van der Waals surface area contributed by atoms with E-state index in [4.69, 9.17) is 5.10 Å². The zero-order chi connectivity index (χ0) is 21.2. The summed E-state index contributed by atoms with van der Waals surface area (Å²) in [4.78, 5) is 21.5. The highest BCUT2D eigenvalue weighted by atomic mass is 16.1. The molecule has 0 saturated heterocycles. The number of benzene rings is 2. The van der Waals surface area contributed by atoms with Gasteiger partial charge in [0.05, 0.1) is 16.7 Å². The molecule has 0 aliphatic heterocycles. The lowest BCUT2D eigenvalue weighted by atomic mass is 10.1. The quantitative estimate of drug-likeness (QED) is 0.314. The molecule has 31 heavy (non-hydrogen) atoms. The zero-order valence-corrected chi connectivity index (χ0v) is 16.9. The molecule has 6 heteroatoms. The normalized spacial score (nSPS) is 11.4. The maximum atomic E-state index is 12.9. The molecule has 0 saturated carbocycles. The summed E-state index contributed by atoms with van der Waals surface area (Å²) in [7, 11) is 1.85. The van der Waals surface area contributed by atoms with Crippen LogP contribution in [-0.4, -0.2) is 30.1 Å². The topological polar surface area (TPSA) is 65.6 Å². The van der Waals surface area contributed by atoms with Crippen LogP contribution in [0.1, 0.15) is 16.2 Å². The molecule has 0 aliphatic rings. The Morgan fingerprint density at radius 2 is 1.68 bits per heavy atom. The molecule has 0 spiro atoms. The summed E-state index contributed by atoms with van der Waals surface area (Å²) in [5.41, 5.74) is 5.21. The van der Waals surface area contributed by atoms with Crippen LogP contribution in [0.3, 0.4) is 0 Å². The summed E-state index contributed by atoms with van der Waals surface area (Å²) < 4.78 is 3.63. The van der Waals surface area contributed by atoms with Crippen LogP contribution in [0.4, 0.5) is 0 Å². The molecule has 6 nitrogen and oxygen atoms in total. The van der Waals surface area contributed by atoms with Crippen LogP contribution in [-0.2, 0) is 7.05 Å².